The Hall–Kier alpha value is -2.58. The van der Waals surface area contributed by atoms with E-state index >= 15 is 0 Å². The van der Waals surface area contributed by atoms with Crippen LogP contribution in [0.25, 0.3) is 0 Å². The van der Waals surface area contributed by atoms with Crippen LogP contribution in [0.3, 0.4) is 0 Å². The number of aliphatic hydroxyl groups excluding tert-OH is 1. The summed E-state index contributed by atoms with van der Waals surface area (Å²) in [6.07, 6.45) is 3.51. The van der Waals surface area contributed by atoms with Crippen LogP contribution in [-0.4, -0.2) is 43.7 Å². The van der Waals surface area contributed by atoms with Gasteiger partial charge in [-0.15, -0.1) is 0 Å². The molecule has 1 aliphatic carbocycles. The fourth-order valence-corrected chi connectivity index (χ4v) is 7.14. The third kappa shape index (κ3) is 5.39. The maximum absolute atomic E-state index is 13.9. The Morgan fingerprint density at radius 1 is 1.06 bits per heavy atom. The monoisotopic (exact) mass is 514 g/mol. The molecule has 1 atom stereocenters. The van der Waals surface area contributed by atoms with Crippen LogP contribution in [0.2, 0.25) is 0 Å². The van der Waals surface area contributed by atoms with Crippen molar-refractivity contribution < 1.29 is 23.4 Å². The second kappa shape index (κ2) is 10.8. The molecule has 2 aromatic rings. The van der Waals surface area contributed by atoms with Gasteiger partial charge in [-0.3, -0.25) is 9.10 Å². The molecular weight excluding hydrogens is 476 g/mol. The SMILES string of the molecule is CCc1ccc(N(CC(C)C)S(=O)(=O)c2ccc3c(c2)C(O)CCN3[C@H]2CC[C@H](C(=O)O)CC2)cc1. The summed E-state index contributed by atoms with van der Waals surface area (Å²) in [5, 5.41) is 20.2. The summed E-state index contributed by atoms with van der Waals surface area (Å²) in [5.41, 5.74) is 3.27. The fourth-order valence-electron chi connectivity index (χ4n) is 5.47. The molecule has 0 radical (unpaired) electrons. The molecule has 0 bridgehead atoms. The van der Waals surface area contributed by atoms with Gasteiger partial charge in [0.2, 0.25) is 0 Å². The third-order valence-corrected chi connectivity index (χ3v) is 9.34. The van der Waals surface area contributed by atoms with Gasteiger partial charge in [-0.05, 0) is 80.3 Å². The predicted octanol–water partition coefficient (Wildman–Crippen LogP) is 4.99. The summed E-state index contributed by atoms with van der Waals surface area (Å²) >= 11 is 0. The highest BCUT2D eigenvalue weighted by Crippen LogP contribution is 2.40. The van der Waals surface area contributed by atoms with Crippen molar-refractivity contribution in [2.45, 2.75) is 76.3 Å². The fraction of sp³-hybridized carbons (Fsp3) is 0.536. The van der Waals surface area contributed by atoms with E-state index < -0.39 is 22.1 Å². The summed E-state index contributed by atoms with van der Waals surface area (Å²) in [5.74, 6) is -0.889. The molecule has 1 fully saturated rings. The van der Waals surface area contributed by atoms with Crippen molar-refractivity contribution >= 4 is 27.4 Å². The molecule has 1 unspecified atom stereocenters. The zero-order valence-corrected chi connectivity index (χ0v) is 22.2. The Morgan fingerprint density at radius 2 is 1.72 bits per heavy atom. The highest BCUT2D eigenvalue weighted by molar-refractivity contribution is 7.92. The first-order valence-electron chi connectivity index (χ1n) is 13.0. The van der Waals surface area contributed by atoms with Gasteiger partial charge in [-0.25, -0.2) is 8.42 Å². The minimum atomic E-state index is -3.85. The molecule has 1 saturated carbocycles. The van der Waals surface area contributed by atoms with Gasteiger partial charge in [-0.2, -0.15) is 0 Å². The molecule has 1 heterocycles. The number of aliphatic hydroxyl groups is 1. The Morgan fingerprint density at radius 3 is 2.31 bits per heavy atom. The van der Waals surface area contributed by atoms with Crippen molar-refractivity contribution in [3.8, 4) is 0 Å². The summed E-state index contributed by atoms with van der Waals surface area (Å²) in [6.45, 7) is 7.09. The van der Waals surface area contributed by atoms with E-state index in [4.69, 9.17) is 0 Å². The minimum absolute atomic E-state index is 0.130. The lowest BCUT2D eigenvalue weighted by molar-refractivity contribution is -0.142. The van der Waals surface area contributed by atoms with Crippen LogP contribution in [0.5, 0.6) is 0 Å². The normalized spacial score (nSPS) is 22.4. The van der Waals surface area contributed by atoms with Gasteiger partial charge in [0.1, 0.15) is 0 Å². The number of aryl methyl sites for hydroxylation is 1. The molecule has 2 N–H and O–H groups in total. The zero-order chi connectivity index (χ0) is 26.0. The molecule has 7 nitrogen and oxygen atoms in total. The van der Waals surface area contributed by atoms with E-state index in [9.17, 15) is 23.4 Å². The van der Waals surface area contributed by atoms with Crippen molar-refractivity contribution in [1.29, 1.82) is 0 Å². The number of hydrogen-bond acceptors (Lipinski definition) is 5. The van der Waals surface area contributed by atoms with Crippen molar-refractivity contribution in [3.63, 3.8) is 0 Å². The largest absolute Gasteiger partial charge is 0.481 e. The van der Waals surface area contributed by atoms with E-state index in [1.54, 1.807) is 12.1 Å². The number of hydrogen-bond donors (Lipinski definition) is 2. The van der Waals surface area contributed by atoms with E-state index in [-0.39, 0.29) is 22.8 Å². The maximum atomic E-state index is 13.9. The number of benzene rings is 2. The number of carboxylic acid groups (broad SMARTS) is 1. The van der Waals surface area contributed by atoms with Crippen molar-refractivity contribution in [2.24, 2.45) is 11.8 Å². The lowest BCUT2D eigenvalue weighted by Gasteiger charge is -2.42. The Kier molecular flexibility index (Phi) is 7.95. The smallest absolute Gasteiger partial charge is 0.306 e. The quantitative estimate of drug-likeness (QED) is 0.515. The molecule has 8 heteroatoms. The molecule has 0 spiro atoms. The number of aliphatic carboxylic acids is 1. The average molecular weight is 515 g/mol. The van der Waals surface area contributed by atoms with Crippen molar-refractivity contribution in [1.82, 2.24) is 0 Å². The molecule has 2 aliphatic rings. The van der Waals surface area contributed by atoms with E-state index in [0.717, 1.165) is 30.5 Å². The van der Waals surface area contributed by atoms with Crippen molar-refractivity contribution in [3.05, 3.63) is 53.6 Å². The molecule has 0 saturated heterocycles. The number of carboxylic acids is 1. The van der Waals surface area contributed by atoms with Crippen molar-refractivity contribution in [2.75, 3.05) is 22.3 Å². The van der Waals surface area contributed by atoms with Gasteiger partial charge in [0.25, 0.3) is 10.0 Å². The number of fused-ring (bicyclic) bond motifs is 1. The number of anilines is 2. The lowest BCUT2D eigenvalue weighted by atomic mass is 9.84. The van der Waals surface area contributed by atoms with Crippen LogP contribution in [0.4, 0.5) is 11.4 Å². The second-order valence-electron chi connectivity index (χ2n) is 10.5. The second-order valence-corrected chi connectivity index (χ2v) is 12.4. The van der Waals surface area contributed by atoms with Gasteiger partial charge in [0.05, 0.1) is 22.6 Å². The molecule has 196 valence electrons. The molecule has 36 heavy (non-hydrogen) atoms. The first kappa shape index (κ1) is 26.5. The summed E-state index contributed by atoms with van der Waals surface area (Å²) in [4.78, 5) is 13.8. The summed E-state index contributed by atoms with van der Waals surface area (Å²) in [7, 11) is -3.85. The Balaban J connectivity index is 1.65. The Bertz CT molecular complexity index is 1170. The Labute approximate surface area is 214 Å². The third-order valence-electron chi connectivity index (χ3n) is 7.55. The standard InChI is InChI=1S/C28H38N2O5S/c1-4-20-5-9-23(10-6-20)30(18-19(2)3)36(34,35)24-13-14-26-25(17-24)27(31)15-16-29(26)22-11-7-21(8-12-22)28(32)33/h5-6,9-10,13-14,17,19,21-22,27,31H,4,7-8,11-12,15-16,18H2,1-3H3,(H,32,33)/t21-,22-,27?. The predicted molar refractivity (Wildman–Crippen MR) is 142 cm³/mol. The number of carbonyl (C=O) groups is 1. The molecule has 2 aromatic carbocycles. The number of sulfonamides is 1. The average Bonchev–Trinajstić information content (AvgIpc) is 2.87. The van der Waals surface area contributed by atoms with Crippen LogP contribution in [-0.2, 0) is 21.2 Å². The molecule has 4 rings (SSSR count). The number of nitrogens with zero attached hydrogens (tertiary/aromatic N) is 2. The van der Waals surface area contributed by atoms with Crippen LogP contribution in [0.1, 0.15) is 70.1 Å². The van der Waals surface area contributed by atoms with E-state index in [1.165, 1.54) is 4.31 Å². The molecular formula is C28H38N2O5S. The highest BCUT2D eigenvalue weighted by Gasteiger charge is 2.35. The minimum Gasteiger partial charge on any atom is -0.481 e. The molecule has 0 aromatic heterocycles. The highest BCUT2D eigenvalue weighted by atomic mass is 32.2. The van der Waals surface area contributed by atoms with E-state index in [2.05, 4.69) is 11.8 Å². The van der Waals surface area contributed by atoms with E-state index in [0.29, 0.717) is 43.6 Å². The maximum Gasteiger partial charge on any atom is 0.306 e. The topological polar surface area (TPSA) is 98.2 Å². The first-order valence-corrected chi connectivity index (χ1v) is 14.5. The molecule has 1 aliphatic heterocycles. The van der Waals surface area contributed by atoms with Gasteiger partial charge >= 0.3 is 5.97 Å². The van der Waals surface area contributed by atoms with Gasteiger partial charge in [0.15, 0.2) is 0 Å². The van der Waals surface area contributed by atoms with Gasteiger partial charge in [0, 0.05) is 30.4 Å². The first-order chi connectivity index (χ1) is 17.1. The van der Waals surface area contributed by atoms with Gasteiger partial charge in [-0.1, -0.05) is 32.9 Å². The van der Waals surface area contributed by atoms with Crippen LogP contribution >= 0.6 is 0 Å². The summed E-state index contributed by atoms with van der Waals surface area (Å²) in [6, 6.07) is 13.0. The van der Waals surface area contributed by atoms with Crippen LogP contribution < -0.4 is 9.21 Å². The van der Waals surface area contributed by atoms with Crippen LogP contribution in [0.15, 0.2) is 47.4 Å². The summed E-state index contributed by atoms with van der Waals surface area (Å²) < 4.78 is 29.2. The number of rotatable bonds is 8. The lowest BCUT2D eigenvalue weighted by Crippen LogP contribution is -2.43. The van der Waals surface area contributed by atoms with Crippen LogP contribution in [0, 0.1) is 11.8 Å². The van der Waals surface area contributed by atoms with Gasteiger partial charge < -0.3 is 15.1 Å². The zero-order valence-electron chi connectivity index (χ0n) is 21.4. The van der Waals surface area contributed by atoms with E-state index in [1.807, 2.05) is 44.2 Å². The molecule has 0 amide bonds.